The normalized spacial score (nSPS) is 29.6. The van der Waals surface area contributed by atoms with Crippen LogP contribution >= 0.6 is 12.4 Å². The first kappa shape index (κ1) is 19.7. The van der Waals surface area contributed by atoms with Gasteiger partial charge in [0.15, 0.2) is 0 Å². The summed E-state index contributed by atoms with van der Waals surface area (Å²) in [5, 5.41) is 6.32. The van der Waals surface area contributed by atoms with Gasteiger partial charge in [0.2, 0.25) is 5.91 Å². The van der Waals surface area contributed by atoms with E-state index in [9.17, 15) is 4.79 Å². The van der Waals surface area contributed by atoms with Gasteiger partial charge in [-0.05, 0) is 25.7 Å². The molecule has 0 aromatic rings. The van der Waals surface area contributed by atoms with Crippen LogP contribution in [-0.2, 0) is 9.53 Å². The van der Waals surface area contributed by atoms with Gasteiger partial charge in [-0.15, -0.1) is 12.4 Å². The van der Waals surface area contributed by atoms with Crippen LogP contribution in [0.4, 0.5) is 0 Å². The van der Waals surface area contributed by atoms with E-state index in [1.165, 1.54) is 25.7 Å². The molecular weight excluding hydrogens is 302 g/mol. The third-order valence-electron chi connectivity index (χ3n) is 4.77. The van der Waals surface area contributed by atoms with E-state index in [4.69, 9.17) is 4.74 Å². The lowest BCUT2D eigenvalue weighted by molar-refractivity contribution is -0.123. The van der Waals surface area contributed by atoms with E-state index in [1.807, 2.05) is 0 Å². The average Bonchev–Trinajstić information content (AvgIpc) is 2.48. The highest BCUT2D eigenvalue weighted by Crippen LogP contribution is 2.25. The lowest BCUT2D eigenvalue weighted by Crippen LogP contribution is -2.52. The predicted octanol–water partition coefficient (Wildman–Crippen LogP) is 1.41. The van der Waals surface area contributed by atoms with Crippen LogP contribution in [0, 0.1) is 5.92 Å². The summed E-state index contributed by atoms with van der Waals surface area (Å²) in [7, 11) is 0. The number of hydrogen-bond donors (Lipinski definition) is 2. The molecule has 0 spiro atoms. The van der Waals surface area contributed by atoms with E-state index >= 15 is 0 Å². The standard InChI is InChI=1S/C16H31N3O2.ClH/c1-13-5-3-4-6-15(13)21-10-8-18-16(20)12-19-9-7-17-11-14(19)2;/h13-15,17H,3-12H2,1-2H3,(H,18,20);1H/t13?,14-,15?;/m1./s1. The van der Waals surface area contributed by atoms with Crippen LogP contribution in [0.1, 0.15) is 39.5 Å². The lowest BCUT2D eigenvalue weighted by Gasteiger charge is -2.33. The highest BCUT2D eigenvalue weighted by Gasteiger charge is 2.22. The number of carbonyl (C=O) groups excluding carboxylic acids is 1. The molecule has 1 saturated carbocycles. The SMILES string of the molecule is CC1CCCCC1OCCNC(=O)CN1CCNC[C@H]1C.Cl. The first-order chi connectivity index (χ1) is 10.2. The molecule has 1 amide bonds. The van der Waals surface area contributed by atoms with Crippen molar-refractivity contribution in [3.63, 3.8) is 0 Å². The lowest BCUT2D eigenvalue weighted by atomic mass is 9.88. The molecule has 6 heteroatoms. The molecule has 2 rings (SSSR count). The van der Waals surface area contributed by atoms with Crippen molar-refractivity contribution in [1.82, 2.24) is 15.5 Å². The fourth-order valence-corrected chi connectivity index (χ4v) is 3.29. The molecule has 130 valence electrons. The fourth-order valence-electron chi connectivity index (χ4n) is 3.29. The maximum atomic E-state index is 11.9. The fraction of sp³-hybridized carbons (Fsp3) is 0.938. The number of nitrogens with one attached hydrogen (secondary N) is 2. The predicted molar refractivity (Wildman–Crippen MR) is 91.5 cm³/mol. The summed E-state index contributed by atoms with van der Waals surface area (Å²) < 4.78 is 5.92. The number of halogens is 1. The van der Waals surface area contributed by atoms with E-state index in [0.29, 0.717) is 37.8 Å². The Kier molecular flexibility index (Phi) is 9.33. The van der Waals surface area contributed by atoms with Gasteiger partial charge in [-0.1, -0.05) is 19.8 Å². The second-order valence-electron chi connectivity index (χ2n) is 6.54. The number of rotatable bonds is 6. The van der Waals surface area contributed by atoms with Gasteiger partial charge in [0, 0.05) is 32.2 Å². The van der Waals surface area contributed by atoms with Crippen LogP contribution in [-0.4, -0.2) is 62.3 Å². The first-order valence-corrected chi connectivity index (χ1v) is 8.50. The van der Waals surface area contributed by atoms with Crippen molar-refractivity contribution >= 4 is 18.3 Å². The van der Waals surface area contributed by atoms with Gasteiger partial charge in [0.1, 0.15) is 0 Å². The van der Waals surface area contributed by atoms with E-state index in [0.717, 1.165) is 19.6 Å². The highest BCUT2D eigenvalue weighted by molar-refractivity contribution is 5.85. The van der Waals surface area contributed by atoms with Crippen LogP contribution in [0.25, 0.3) is 0 Å². The van der Waals surface area contributed by atoms with Crippen molar-refractivity contribution in [1.29, 1.82) is 0 Å². The molecule has 1 saturated heterocycles. The second-order valence-corrected chi connectivity index (χ2v) is 6.54. The minimum atomic E-state index is 0. The molecule has 0 radical (unpaired) electrons. The molecule has 0 aromatic carbocycles. The Morgan fingerprint density at radius 1 is 1.32 bits per heavy atom. The Bertz CT molecular complexity index is 331. The molecule has 22 heavy (non-hydrogen) atoms. The minimum absolute atomic E-state index is 0. The molecular formula is C16H32ClN3O2. The van der Waals surface area contributed by atoms with E-state index in [1.54, 1.807) is 0 Å². The van der Waals surface area contributed by atoms with E-state index in [2.05, 4.69) is 29.4 Å². The smallest absolute Gasteiger partial charge is 0.234 e. The van der Waals surface area contributed by atoms with Gasteiger partial charge >= 0.3 is 0 Å². The maximum absolute atomic E-state index is 11.9. The molecule has 2 unspecified atom stereocenters. The molecule has 1 aliphatic heterocycles. The zero-order valence-electron chi connectivity index (χ0n) is 14.0. The largest absolute Gasteiger partial charge is 0.376 e. The average molecular weight is 334 g/mol. The maximum Gasteiger partial charge on any atom is 0.234 e. The molecule has 2 aliphatic rings. The number of nitrogens with zero attached hydrogens (tertiary/aromatic N) is 1. The number of piperazine rings is 1. The van der Waals surface area contributed by atoms with Crippen LogP contribution in [0.2, 0.25) is 0 Å². The summed E-state index contributed by atoms with van der Waals surface area (Å²) >= 11 is 0. The first-order valence-electron chi connectivity index (χ1n) is 8.50. The third-order valence-corrected chi connectivity index (χ3v) is 4.77. The molecule has 0 aromatic heterocycles. The summed E-state index contributed by atoms with van der Waals surface area (Å²) in [5.41, 5.74) is 0. The molecule has 3 atom stereocenters. The molecule has 2 fully saturated rings. The molecule has 5 nitrogen and oxygen atoms in total. The second kappa shape index (κ2) is 10.4. The summed E-state index contributed by atoms with van der Waals surface area (Å²) in [6.45, 7) is 9.09. The number of hydrogen-bond acceptors (Lipinski definition) is 4. The van der Waals surface area contributed by atoms with Gasteiger partial charge in [-0.2, -0.15) is 0 Å². The molecule has 1 aliphatic carbocycles. The van der Waals surface area contributed by atoms with Gasteiger partial charge in [-0.3, -0.25) is 9.69 Å². The van der Waals surface area contributed by atoms with Crippen LogP contribution in [0.5, 0.6) is 0 Å². The van der Waals surface area contributed by atoms with Crippen molar-refractivity contribution in [2.24, 2.45) is 5.92 Å². The number of amides is 1. The van der Waals surface area contributed by atoms with Crippen LogP contribution < -0.4 is 10.6 Å². The van der Waals surface area contributed by atoms with Gasteiger partial charge in [0.05, 0.1) is 19.3 Å². The quantitative estimate of drug-likeness (QED) is 0.722. The molecule has 1 heterocycles. The Hall–Kier alpha value is -0.360. The highest BCUT2D eigenvalue weighted by atomic mass is 35.5. The van der Waals surface area contributed by atoms with Gasteiger partial charge in [0.25, 0.3) is 0 Å². The number of carbonyl (C=O) groups is 1. The third kappa shape index (κ3) is 6.41. The summed E-state index contributed by atoms with van der Waals surface area (Å²) in [6, 6.07) is 0.434. The van der Waals surface area contributed by atoms with E-state index < -0.39 is 0 Å². The van der Waals surface area contributed by atoms with Gasteiger partial charge in [-0.25, -0.2) is 0 Å². The van der Waals surface area contributed by atoms with Crippen molar-refractivity contribution < 1.29 is 9.53 Å². The van der Waals surface area contributed by atoms with Crippen LogP contribution in [0.15, 0.2) is 0 Å². The Balaban J connectivity index is 0.00000242. The summed E-state index contributed by atoms with van der Waals surface area (Å²) in [6.07, 6.45) is 5.46. The molecule has 2 N–H and O–H groups in total. The summed E-state index contributed by atoms with van der Waals surface area (Å²) in [5.74, 6) is 0.778. The Morgan fingerprint density at radius 2 is 2.09 bits per heavy atom. The van der Waals surface area contributed by atoms with Crippen molar-refractivity contribution in [3.05, 3.63) is 0 Å². The van der Waals surface area contributed by atoms with E-state index in [-0.39, 0.29) is 18.3 Å². The van der Waals surface area contributed by atoms with Crippen LogP contribution in [0.3, 0.4) is 0 Å². The summed E-state index contributed by atoms with van der Waals surface area (Å²) in [4.78, 5) is 14.2. The number of ether oxygens (including phenoxy) is 1. The zero-order valence-corrected chi connectivity index (χ0v) is 14.8. The minimum Gasteiger partial charge on any atom is -0.376 e. The van der Waals surface area contributed by atoms with Crippen molar-refractivity contribution in [2.45, 2.75) is 51.7 Å². The Labute approximate surface area is 140 Å². The zero-order chi connectivity index (χ0) is 15.1. The Morgan fingerprint density at radius 3 is 2.82 bits per heavy atom. The van der Waals surface area contributed by atoms with Gasteiger partial charge < -0.3 is 15.4 Å². The van der Waals surface area contributed by atoms with Crippen molar-refractivity contribution in [2.75, 3.05) is 39.3 Å². The van der Waals surface area contributed by atoms with Crippen molar-refractivity contribution in [3.8, 4) is 0 Å². The topological polar surface area (TPSA) is 53.6 Å². The monoisotopic (exact) mass is 333 g/mol. The molecule has 0 bridgehead atoms.